The lowest BCUT2D eigenvalue weighted by Gasteiger charge is -2.23. The summed E-state index contributed by atoms with van der Waals surface area (Å²) in [7, 11) is 2.02. The zero-order valence-electron chi connectivity index (χ0n) is 13.6. The molecule has 2 rings (SSSR count). The van der Waals surface area contributed by atoms with Crippen LogP contribution in [0.15, 0.2) is 18.2 Å². The molecule has 1 aromatic heterocycles. The summed E-state index contributed by atoms with van der Waals surface area (Å²) < 4.78 is 2.07. The third-order valence-electron chi connectivity index (χ3n) is 4.22. The average Bonchev–Trinajstić information content (AvgIpc) is 2.77. The lowest BCUT2D eigenvalue weighted by Crippen LogP contribution is -2.29. The molecule has 1 aromatic carbocycles. The Hall–Kier alpha value is -1.39. The quantitative estimate of drug-likeness (QED) is 0.852. The van der Waals surface area contributed by atoms with E-state index in [1.807, 2.05) is 26.1 Å². The zero-order chi connectivity index (χ0) is 15.4. The van der Waals surface area contributed by atoms with Gasteiger partial charge in [-0.2, -0.15) is 0 Å². The van der Waals surface area contributed by atoms with Gasteiger partial charge in [0.25, 0.3) is 0 Å². The summed E-state index contributed by atoms with van der Waals surface area (Å²) in [6.45, 7) is 9.06. The largest absolute Gasteiger partial charge is 0.387 e. The third-order valence-corrected chi connectivity index (χ3v) is 4.22. The fourth-order valence-electron chi connectivity index (χ4n) is 2.65. The van der Waals surface area contributed by atoms with Crippen molar-refractivity contribution in [3.8, 4) is 0 Å². The van der Waals surface area contributed by atoms with Gasteiger partial charge in [0, 0.05) is 13.6 Å². The van der Waals surface area contributed by atoms with E-state index in [2.05, 4.69) is 34.4 Å². The molecule has 0 aliphatic heterocycles. The highest BCUT2D eigenvalue weighted by Crippen LogP contribution is 2.21. The van der Waals surface area contributed by atoms with Gasteiger partial charge in [0.15, 0.2) is 0 Å². The summed E-state index contributed by atoms with van der Waals surface area (Å²) in [5, 5.41) is 10.5. The number of likely N-dealkylation sites (N-methyl/N-ethyl adjacent to an activating group) is 1. The van der Waals surface area contributed by atoms with Crippen LogP contribution in [0.5, 0.6) is 0 Å². The van der Waals surface area contributed by atoms with E-state index >= 15 is 0 Å². The second-order valence-corrected chi connectivity index (χ2v) is 5.73. The molecule has 1 atom stereocenters. The Balaban J connectivity index is 2.13. The van der Waals surface area contributed by atoms with E-state index in [4.69, 9.17) is 0 Å². The van der Waals surface area contributed by atoms with E-state index in [1.54, 1.807) is 0 Å². The minimum atomic E-state index is -0.450. The highest BCUT2D eigenvalue weighted by molar-refractivity contribution is 5.76. The highest BCUT2D eigenvalue weighted by Gasteiger charge is 2.14. The number of unbranched alkanes of at least 4 members (excludes halogenated alkanes) is 1. The van der Waals surface area contributed by atoms with Crippen LogP contribution in [0.25, 0.3) is 11.0 Å². The molecule has 116 valence electrons. The molecule has 0 fully saturated rings. The van der Waals surface area contributed by atoms with Gasteiger partial charge in [0.2, 0.25) is 0 Å². The van der Waals surface area contributed by atoms with Crippen molar-refractivity contribution in [1.82, 2.24) is 14.5 Å². The normalized spacial score (nSPS) is 13.2. The van der Waals surface area contributed by atoms with E-state index < -0.39 is 6.10 Å². The van der Waals surface area contributed by atoms with Crippen LogP contribution in [0.4, 0.5) is 0 Å². The monoisotopic (exact) mass is 289 g/mol. The number of nitrogens with zero attached hydrogens (tertiary/aromatic N) is 3. The minimum Gasteiger partial charge on any atom is -0.387 e. The molecule has 2 aromatic rings. The van der Waals surface area contributed by atoms with Crippen molar-refractivity contribution < 1.29 is 5.11 Å². The standard InChI is InChI=1S/C17H27N3O/c1-5-7-10-20(6-2)12-17(21)14-8-9-16-15(11-14)18-13(3)19(16)4/h8-9,11,17,21H,5-7,10,12H2,1-4H3. The van der Waals surface area contributed by atoms with Crippen LogP contribution in [0.1, 0.15) is 44.2 Å². The number of fused-ring (bicyclic) bond motifs is 1. The number of aliphatic hydroxyl groups is 1. The number of hydrogen-bond donors (Lipinski definition) is 1. The maximum absolute atomic E-state index is 10.5. The average molecular weight is 289 g/mol. The topological polar surface area (TPSA) is 41.3 Å². The number of aliphatic hydroxyl groups excluding tert-OH is 1. The molecule has 0 amide bonds. The van der Waals surface area contributed by atoms with Crippen LogP contribution in [-0.4, -0.2) is 39.2 Å². The Morgan fingerprint density at radius 1 is 1.33 bits per heavy atom. The van der Waals surface area contributed by atoms with Crippen molar-refractivity contribution in [2.75, 3.05) is 19.6 Å². The molecule has 0 aliphatic carbocycles. The van der Waals surface area contributed by atoms with Gasteiger partial charge in [0.05, 0.1) is 17.1 Å². The summed E-state index contributed by atoms with van der Waals surface area (Å²) in [6, 6.07) is 6.08. The molecule has 0 bridgehead atoms. The zero-order valence-corrected chi connectivity index (χ0v) is 13.6. The van der Waals surface area contributed by atoms with Gasteiger partial charge in [0.1, 0.15) is 5.82 Å². The molecular formula is C17H27N3O. The Kier molecular flexibility index (Phi) is 5.37. The summed E-state index contributed by atoms with van der Waals surface area (Å²) in [5.41, 5.74) is 3.03. The summed E-state index contributed by atoms with van der Waals surface area (Å²) >= 11 is 0. The van der Waals surface area contributed by atoms with E-state index in [1.165, 1.54) is 12.8 Å². The van der Waals surface area contributed by atoms with Crippen molar-refractivity contribution in [1.29, 1.82) is 0 Å². The first kappa shape index (κ1) is 16.0. The van der Waals surface area contributed by atoms with Crippen molar-refractivity contribution in [2.24, 2.45) is 7.05 Å². The van der Waals surface area contributed by atoms with Gasteiger partial charge < -0.3 is 14.6 Å². The minimum absolute atomic E-state index is 0.450. The van der Waals surface area contributed by atoms with Crippen LogP contribution in [0.3, 0.4) is 0 Å². The number of aryl methyl sites for hydroxylation is 2. The molecule has 0 spiro atoms. The van der Waals surface area contributed by atoms with Gasteiger partial charge in [-0.05, 0) is 44.1 Å². The fourth-order valence-corrected chi connectivity index (χ4v) is 2.65. The number of rotatable bonds is 7. The van der Waals surface area contributed by atoms with Gasteiger partial charge in [-0.3, -0.25) is 0 Å². The molecular weight excluding hydrogens is 262 g/mol. The summed E-state index contributed by atoms with van der Waals surface area (Å²) in [5.74, 6) is 0.995. The highest BCUT2D eigenvalue weighted by atomic mass is 16.3. The van der Waals surface area contributed by atoms with E-state index in [9.17, 15) is 5.11 Å². The molecule has 1 unspecified atom stereocenters. The van der Waals surface area contributed by atoms with Crippen molar-refractivity contribution in [3.63, 3.8) is 0 Å². The summed E-state index contributed by atoms with van der Waals surface area (Å²) in [4.78, 5) is 6.85. The molecule has 0 radical (unpaired) electrons. The number of hydrogen-bond acceptors (Lipinski definition) is 3. The van der Waals surface area contributed by atoms with Crippen molar-refractivity contribution in [2.45, 2.75) is 39.7 Å². The van der Waals surface area contributed by atoms with Crippen LogP contribution in [0.2, 0.25) is 0 Å². The molecule has 0 saturated heterocycles. The fraction of sp³-hybridized carbons (Fsp3) is 0.588. The van der Waals surface area contributed by atoms with Gasteiger partial charge in [-0.1, -0.05) is 26.3 Å². The molecule has 1 heterocycles. The smallest absolute Gasteiger partial charge is 0.106 e. The molecule has 0 aliphatic rings. The van der Waals surface area contributed by atoms with E-state index in [-0.39, 0.29) is 0 Å². The molecule has 4 heteroatoms. The van der Waals surface area contributed by atoms with Crippen LogP contribution in [0, 0.1) is 6.92 Å². The Bertz CT molecular complexity index is 591. The predicted octanol–water partition coefficient (Wildman–Crippen LogP) is 3.04. The van der Waals surface area contributed by atoms with Gasteiger partial charge in [-0.25, -0.2) is 4.98 Å². The maximum Gasteiger partial charge on any atom is 0.106 e. The number of aromatic nitrogens is 2. The maximum atomic E-state index is 10.5. The van der Waals surface area contributed by atoms with Gasteiger partial charge in [-0.15, -0.1) is 0 Å². The van der Waals surface area contributed by atoms with Crippen molar-refractivity contribution >= 4 is 11.0 Å². The van der Waals surface area contributed by atoms with Crippen LogP contribution >= 0.6 is 0 Å². The first-order valence-electron chi connectivity index (χ1n) is 7.90. The lowest BCUT2D eigenvalue weighted by molar-refractivity contribution is 0.115. The Morgan fingerprint density at radius 2 is 2.10 bits per heavy atom. The molecule has 21 heavy (non-hydrogen) atoms. The Morgan fingerprint density at radius 3 is 2.76 bits per heavy atom. The van der Waals surface area contributed by atoms with Crippen molar-refractivity contribution in [3.05, 3.63) is 29.6 Å². The Labute approximate surface area is 127 Å². The number of imidazole rings is 1. The third kappa shape index (κ3) is 3.63. The molecule has 0 saturated carbocycles. The second-order valence-electron chi connectivity index (χ2n) is 5.73. The van der Waals surface area contributed by atoms with Crippen LogP contribution < -0.4 is 0 Å². The summed E-state index contributed by atoms with van der Waals surface area (Å²) in [6.07, 6.45) is 1.92. The molecule has 1 N–H and O–H groups in total. The first-order valence-corrected chi connectivity index (χ1v) is 7.90. The van der Waals surface area contributed by atoms with Crippen LogP contribution in [-0.2, 0) is 7.05 Å². The lowest BCUT2D eigenvalue weighted by atomic mass is 10.1. The second kappa shape index (κ2) is 7.05. The van der Waals surface area contributed by atoms with Gasteiger partial charge >= 0.3 is 0 Å². The predicted molar refractivity (Wildman–Crippen MR) is 87.4 cm³/mol. The SMILES string of the molecule is CCCCN(CC)CC(O)c1ccc2c(c1)nc(C)n2C. The number of benzene rings is 1. The first-order chi connectivity index (χ1) is 10.1. The van der Waals surface area contributed by atoms with E-state index in [0.29, 0.717) is 6.54 Å². The van der Waals surface area contributed by atoms with E-state index in [0.717, 1.165) is 35.5 Å². The molecule has 4 nitrogen and oxygen atoms in total.